The van der Waals surface area contributed by atoms with Gasteiger partial charge in [0.2, 0.25) is 0 Å². The third-order valence-electron chi connectivity index (χ3n) is 2.98. The second-order valence-corrected chi connectivity index (χ2v) is 6.05. The Kier molecular flexibility index (Phi) is 4.84. The molecular formula is C14H19ClN2S. The van der Waals surface area contributed by atoms with E-state index < -0.39 is 0 Å². The molecule has 0 spiro atoms. The molecule has 98 valence electrons. The molecule has 1 atom stereocenters. The minimum atomic E-state index is 0.468. The van der Waals surface area contributed by atoms with Crippen molar-refractivity contribution in [2.24, 2.45) is 0 Å². The highest BCUT2D eigenvalue weighted by molar-refractivity contribution is 7.22. The molecule has 1 N–H and O–H groups in total. The van der Waals surface area contributed by atoms with Crippen LogP contribution in [0, 0.1) is 0 Å². The molecule has 1 unspecified atom stereocenters. The van der Waals surface area contributed by atoms with Gasteiger partial charge in [-0.3, -0.25) is 0 Å². The number of rotatable bonds is 6. The van der Waals surface area contributed by atoms with Gasteiger partial charge in [-0.05, 0) is 25.5 Å². The highest BCUT2D eigenvalue weighted by atomic mass is 35.5. The van der Waals surface area contributed by atoms with Crippen LogP contribution in [-0.4, -0.2) is 11.0 Å². The number of thiazole rings is 1. The highest BCUT2D eigenvalue weighted by Gasteiger charge is 2.08. The number of halogens is 1. The standard InChI is InChI=1S/C14H19ClN2S/c1-3-4-5-7-10(2)16-14-17-12-9-6-8-11(15)13(12)18-14/h6,8-10H,3-5,7H2,1-2H3,(H,16,17). The van der Waals surface area contributed by atoms with E-state index >= 15 is 0 Å². The van der Waals surface area contributed by atoms with Gasteiger partial charge in [-0.2, -0.15) is 0 Å². The first kappa shape index (κ1) is 13.6. The first-order chi connectivity index (χ1) is 8.70. The zero-order valence-corrected chi connectivity index (χ0v) is 12.4. The van der Waals surface area contributed by atoms with Gasteiger partial charge < -0.3 is 5.32 Å². The molecule has 18 heavy (non-hydrogen) atoms. The van der Waals surface area contributed by atoms with Crippen LogP contribution in [0.1, 0.15) is 39.5 Å². The van der Waals surface area contributed by atoms with Gasteiger partial charge in [0.15, 0.2) is 5.13 Å². The molecule has 2 aromatic rings. The minimum absolute atomic E-state index is 0.468. The lowest BCUT2D eigenvalue weighted by molar-refractivity contribution is 0.615. The molecule has 0 aliphatic heterocycles. The summed E-state index contributed by atoms with van der Waals surface area (Å²) in [7, 11) is 0. The first-order valence-electron chi connectivity index (χ1n) is 6.52. The Bertz CT molecular complexity index is 509. The van der Waals surface area contributed by atoms with Gasteiger partial charge in [0.25, 0.3) is 0 Å². The number of benzene rings is 1. The van der Waals surface area contributed by atoms with Crippen LogP contribution in [0.5, 0.6) is 0 Å². The van der Waals surface area contributed by atoms with Gasteiger partial charge in [-0.15, -0.1) is 0 Å². The smallest absolute Gasteiger partial charge is 0.184 e. The lowest BCUT2D eigenvalue weighted by atomic mass is 10.1. The zero-order valence-electron chi connectivity index (χ0n) is 10.9. The lowest BCUT2D eigenvalue weighted by Crippen LogP contribution is -2.14. The van der Waals surface area contributed by atoms with E-state index in [1.165, 1.54) is 25.7 Å². The van der Waals surface area contributed by atoms with E-state index in [1.54, 1.807) is 11.3 Å². The van der Waals surface area contributed by atoms with Crippen molar-refractivity contribution in [3.8, 4) is 0 Å². The van der Waals surface area contributed by atoms with Crippen LogP contribution >= 0.6 is 22.9 Å². The number of unbranched alkanes of at least 4 members (excludes halogenated alkanes) is 2. The Morgan fingerprint density at radius 1 is 1.39 bits per heavy atom. The SMILES string of the molecule is CCCCCC(C)Nc1nc2cccc(Cl)c2s1. The fourth-order valence-electron chi connectivity index (χ4n) is 1.96. The summed E-state index contributed by atoms with van der Waals surface area (Å²) < 4.78 is 1.07. The van der Waals surface area contributed by atoms with Crippen LogP contribution in [0.15, 0.2) is 18.2 Å². The number of nitrogens with one attached hydrogen (secondary N) is 1. The van der Waals surface area contributed by atoms with E-state index in [2.05, 4.69) is 24.1 Å². The maximum Gasteiger partial charge on any atom is 0.184 e. The van der Waals surface area contributed by atoms with Gasteiger partial charge in [0, 0.05) is 6.04 Å². The molecule has 2 nitrogen and oxygen atoms in total. The topological polar surface area (TPSA) is 24.9 Å². The third-order valence-corrected chi connectivity index (χ3v) is 4.44. The molecular weight excluding hydrogens is 264 g/mol. The molecule has 0 aliphatic carbocycles. The van der Waals surface area contributed by atoms with E-state index in [9.17, 15) is 0 Å². The van der Waals surface area contributed by atoms with E-state index in [1.807, 2.05) is 18.2 Å². The molecule has 0 radical (unpaired) electrons. The molecule has 1 heterocycles. The molecule has 2 rings (SSSR count). The Labute approximate surface area is 117 Å². The maximum atomic E-state index is 6.15. The summed E-state index contributed by atoms with van der Waals surface area (Å²) in [6.45, 7) is 4.44. The van der Waals surface area contributed by atoms with Gasteiger partial charge in [-0.25, -0.2) is 4.98 Å². The zero-order chi connectivity index (χ0) is 13.0. The van der Waals surface area contributed by atoms with E-state index in [4.69, 9.17) is 11.6 Å². The van der Waals surface area contributed by atoms with Crippen molar-refractivity contribution >= 4 is 38.3 Å². The molecule has 0 amide bonds. The Hall–Kier alpha value is -0.800. The molecule has 0 saturated carbocycles. The normalized spacial score (nSPS) is 12.8. The van der Waals surface area contributed by atoms with E-state index in [0.29, 0.717) is 6.04 Å². The van der Waals surface area contributed by atoms with Crippen molar-refractivity contribution in [2.45, 2.75) is 45.6 Å². The number of nitrogens with zero attached hydrogens (tertiary/aromatic N) is 1. The summed E-state index contributed by atoms with van der Waals surface area (Å²) in [6.07, 6.45) is 5.04. The van der Waals surface area contributed by atoms with Crippen molar-refractivity contribution in [3.63, 3.8) is 0 Å². The largest absolute Gasteiger partial charge is 0.359 e. The monoisotopic (exact) mass is 282 g/mol. The van der Waals surface area contributed by atoms with Gasteiger partial charge in [0.05, 0.1) is 15.2 Å². The van der Waals surface area contributed by atoms with Crippen LogP contribution in [0.2, 0.25) is 5.02 Å². The molecule has 0 aliphatic rings. The van der Waals surface area contributed by atoms with Gasteiger partial charge in [-0.1, -0.05) is 55.2 Å². The molecule has 1 aromatic heterocycles. The molecule has 0 saturated heterocycles. The average Bonchev–Trinajstić information content (AvgIpc) is 2.73. The van der Waals surface area contributed by atoms with Gasteiger partial charge >= 0.3 is 0 Å². The van der Waals surface area contributed by atoms with Crippen molar-refractivity contribution in [2.75, 3.05) is 5.32 Å². The van der Waals surface area contributed by atoms with Crippen molar-refractivity contribution < 1.29 is 0 Å². The maximum absolute atomic E-state index is 6.15. The first-order valence-corrected chi connectivity index (χ1v) is 7.71. The Balaban J connectivity index is 2.01. The number of anilines is 1. The van der Waals surface area contributed by atoms with E-state index in [0.717, 1.165) is 20.4 Å². The van der Waals surface area contributed by atoms with Crippen LogP contribution in [0.4, 0.5) is 5.13 Å². The number of aromatic nitrogens is 1. The summed E-state index contributed by atoms with van der Waals surface area (Å²) in [6, 6.07) is 6.33. The summed E-state index contributed by atoms with van der Waals surface area (Å²) >= 11 is 7.79. The minimum Gasteiger partial charge on any atom is -0.359 e. The summed E-state index contributed by atoms with van der Waals surface area (Å²) in [5, 5.41) is 5.23. The number of hydrogen-bond donors (Lipinski definition) is 1. The second kappa shape index (κ2) is 6.39. The van der Waals surface area contributed by atoms with Gasteiger partial charge in [0.1, 0.15) is 0 Å². The van der Waals surface area contributed by atoms with Crippen LogP contribution in [-0.2, 0) is 0 Å². The molecule has 0 fully saturated rings. The lowest BCUT2D eigenvalue weighted by Gasteiger charge is -2.11. The fraction of sp³-hybridized carbons (Fsp3) is 0.500. The fourth-order valence-corrected chi connectivity index (χ4v) is 3.23. The predicted octanol–water partition coefficient (Wildman–Crippen LogP) is 5.33. The second-order valence-electron chi connectivity index (χ2n) is 4.65. The Morgan fingerprint density at radius 3 is 2.94 bits per heavy atom. The molecule has 4 heteroatoms. The quantitative estimate of drug-likeness (QED) is 0.724. The molecule has 1 aromatic carbocycles. The van der Waals surface area contributed by atoms with Crippen LogP contribution < -0.4 is 5.32 Å². The number of fused-ring (bicyclic) bond motifs is 1. The summed E-state index contributed by atoms with van der Waals surface area (Å²) in [5.74, 6) is 0. The summed E-state index contributed by atoms with van der Waals surface area (Å²) in [4.78, 5) is 4.56. The van der Waals surface area contributed by atoms with E-state index in [-0.39, 0.29) is 0 Å². The highest BCUT2D eigenvalue weighted by Crippen LogP contribution is 2.32. The van der Waals surface area contributed by atoms with Crippen molar-refractivity contribution in [1.29, 1.82) is 0 Å². The van der Waals surface area contributed by atoms with Crippen LogP contribution in [0.3, 0.4) is 0 Å². The third kappa shape index (κ3) is 3.36. The summed E-state index contributed by atoms with van der Waals surface area (Å²) in [5.41, 5.74) is 0.982. The average molecular weight is 283 g/mol. The van der Waals surface area contributed by atoms with Crippen molar-refractivity contribution in [3.05, 3.63) is 23.2 Å². The predicted molar refractivity (Wildman–Crippen MR) is 81.9 cm³/mol. The molecule has 0 bridgehead atoms. The van der Waals surface area contributed by atoms with Crippen molar-refractivity contribution in [1.82, 2.24) is 4.98 Å². The number of hydrogen-bond acceptors (Lipinski definition) is 3. The Morgan fingerprint density at radius 2 is 2.22 bits per heavy atom. The van der Waals surface area contributed by atoms with Crippen LogP contribution in [0.25, 0.3) is 10.2 Å².